The first kappa shape index (κ1) is 14.6. The summed E-state index contributed by atoms with van der Waals surface area (Å²) in [5, 5.41) is 11.8. The van der Waals surface area contributed by atoms with E-state index < -0.39 is 17.8 Å². The van der Waals surface area contributed by atoms with Crippen molar-refractivity contribution in [3.63, 3.8) is 0 Å². The Bertz CT molecular complexity index is 513. The summed E-state index contributed by atoms with van der Waals surface area (Å²) in [4.78, 5) is 14.5. The zero-order valence-corrected chi connectivity index (χ0v) is 10.9. The van der Waals surface area contributed by atoms with Gasteiger partial charge in [0.1, 0.15) is 17.1 Å². The van der Waals surface area contributed by atoms with Gasteiger partial charge in [0.2, 0.25) is 0 Å². The first-order valence-electron chi connectivity index (χ1n) is 6.35. The number of anilines is 1. The fourth-order valence-electron chi connectivity index (χ4n) is 2.05. The second-order valence-corrected chi connectivity index (χ2v) is 5.12. The molecule has 4 nitrogen and oxygen atoms in total. The van der Waals surface area contributed by atoms with Crippen molar-refractivity contribution in [2.45, 2.75) is 38.4 Å². The van der Waals surface area contributed by atoms with Crippen molar-refractivity contribution in [1.29, 1.82) is 0 Å². The Balaban J connectivity index is 2.23. The van der Waals surface area contributed by atoms with Crippen LogP contribution in [0.4, 0.5) is 19.0 Å². The first-order valence-corrected chi connectivity index (χ1v) is 6.35. The Kier molecular flexibility index (Phi) is 3.87. The molecule has 0 amide bonds. The van der Waals surface area contributed by atoms with E-state index >= 15 is 0 Å². The predicted molar refractivity (Wildman–Crippen MR) is 66.6 cm³/mol. The van der Waals surface area contributed by atoms with Crippen LogP contribution in [0.25, 0.3) is 0 Å². The molecule has 7 heteroatoms. The minimum atomic E-state index is -4.59. The van der Waals surface area contributed by atoms with Crippen LogP contribution in [0.1, 0.15) is 42.2 Å². The lowest BCUT2D eigenvalue weighted by Gasteiger charge is -2.17. The maximum atomic E-state index is 12.6. The molecule has 1 fully saturated rings. The molecule has 2 rings (SSSR count). The molecule has 1 heterocycles. The quantitative estimate of drug-likeness (QED) is 0.871. The SMILES string of the molecule is CC(CC1CC1)Nc1nc(C(F)(F)F)ccc1C(=O)O. The molecule has 0 aliphatic heterocycles. The number of alkyl halides is 3. The van der Waals surface area contributed by atoms with Crippen molar-refractivity contribution < 1.29 is 23.1 Å². The van der Waals surface area contributed by atoms with Crippen molar-refractivity contribution in [3.05, 3.63) is 23.4 Å². The third-order valence-electron chi connectivity index (χ3n) is 3.18. The number of pyridine rings is 1. The molecular weight excluding hydrogens is 273 g/mol. The Morgan fingerprint density at radius 1 is 1.50 bits per heavy atom. The van der Waals surface area contributed by atoms with E-state index in [-0.39, 0.29) is 17.4 Å². The molecular formula is C13H15F3N2O2. The highest BCUT2D eigenvalue weighted by Crippen LogP contribution is 2.34. The zero-order chi connectivity index (χ0) is 14.9. The van der Waals surface area contributed by atoms with Crippen LogP contribution in [-0.2, 0) is 6.18 Å². The van der Waals surface area contributed by atoms with Gasteiger partial charge in [0.05, 0.1) is 0 Å². The number of rotatable bonds is 5. The molecule has 20 heavy (non-hydrogen) atoms. The maximum absolute atomic E-state index is 12.6. The number of aromatic carboxylic acids is 1. The Hall–Kier alpha value is -1.79. The molecule has 1 aliphatic carbocycles. The Morgan fingerprint density at radius 2 is 2.15 bits per heavy atom. The average molecular weight is 288 g/mol. The van der Waals surface area contributed by atoms with Crippen molar-refractivity contribution in [2.75, 3.05) is 5.32 Å². The van der Waals surface area contributed by atoms with Gasteiger partial charge in [-0.25, -0.2) is 9.78 Å². The minimum Gasteiger partial charge on any atom is -0.478 e. The minimum absolute atomic E-state index is 0.114. The van der Waals surface area contributed by atoms with Crippen LogP contribution in [0, 0.1) is 5.92 Å². The summed E-state index contributed by atoms with van der Waals surface area (Å²) in [6, 6.07) is 1.50. The normalized spacial score (nSPS) is 16.8. The van der Waals surface area contributed by atoms with E-state index in [9.17, 15) is 18.0 Å². The van der Waals surface area contributed by atoms with E-state index in [0.717, 1.165) is 25.3 Å². The molecule has 0 saturated heterocycles. The van der Waals surface area contributed by atoms with Crippen LogP contribution < -0.4 is 5.32 Å². The molecule has 1 aromatic rings. The van der Waals surface area contributed by atoms with Gasteiger partial charge in [0, 0.05) is 6.04 Å². The van der Waals surface area contributed by atoms with Crippen molar-refractivity contribution in [1.82, 2.24) is 4.98 Å². The topological polar surface area (TPSA) is 62.2 Å². The van der Waals surface area contributed by atoms with E-state index in [1.165, 1.54) is 0 Å². The van der Waals surface area contributed by atoms with Crippen molar-refractivity contribution in [2.24, 2.45) is 5.92 Å². The number of aromatic nitrogens is 1. The lowest BCUT2D eigenvalue weighted by molar-refractivity contribution is -0.141. The fourth-order valence-corrected chi connectivity index (χ4v) is 2.05. The largest absolute Gasteiger partial charge is 0.478 e. The van der Waals surface area contributed by atoms with E-state index in [1.54, 1.807) is 0 Å². The van der Waals surface area contributed by atoms with Gasteiger partial charge in [-0.3, -0.25) is 0 Å². The number of carboxylic acids is 1. The third kappa shape index (κ3) is 3.61. The van der Waals surface area contributed by atoms with Crippen LogP contribution in [0.2, 0.25) is 0 Å². The van der Waals surface area contributed by atoms with Crippen molar-refractivity contribution >= 4 is 11.8 Å². The second-order valence-electron chi connectivity index (χ2n) is 5.12. The second kappa shape index (κ2) is 5.30. The summed E-state index contributed by atoms with van der Waals surface area (Å²) < 4.78 is 37.9. The standard InChI is InChI=1S/C13H15F3N2O2/c1-7(6-8-2-3-8)17-11-9(12(19)20)4-5-10(18-11)13(14,15)16/h4-5,7-8H,2-3,6H2,1H3,(H,17,18)(H,19,20). The predicted octanol–water partition coefficient (Wildman–Crippen LogP) is 3.40. The van der Waals surface area contributed by atoms with Crippen LogP contribution >= 0.6 is 0 Å². The molecule has 0 radical (unpaired) electrons. The van der Waals surface area contributed by atoms with E-state index in [4.69, 9.17) is 5.11 Å². The molecule has 1 saturated carbocycles. The smallest absolute Gasteiger partial charge is 0.433 e. The highest BCUT2D eigenvalue weighted by Gasteiger charge is 2.34. The molecule has 1 aromatic heterocycles. The molecule has 0 spiro atoms. The number of hydrogen-bond acceptors (Lipinski definition) is 3. The average Bonchev–Trinajstić information content (AvgIpc) is 3.11. The number of nitrogens with one attached hydrogen (secondary N) is 1. The lowest BCUT2D eigenvalue weighted by Crippen LogP contribution is -2.21. The van der Waals surface area contributed by atoms with E-state index in [0.29, 0.717) is 12.0 Å². The number of carboxylic acid groups (broad SMARTS) is 1. The van der Waals surface area contributed by atoms with Gasteiger partial charge < -0.3 is 10.4 Å². The van der Waals surface area contributed by atoms with Crippen LogP contribution in [0.3, 0.4) is 0 Å². The molecule has 1 unspecified atom stereocenters. The van der Waals surface area contributed by atoms with Gasteiger partial charge in [-0.1, -0.05) is 12.8 Å². The summed E-state index contributed by atoms with van der Waals surface area (Å²) in [7, 11) is 0. The van der Waals surface area contributed by atoms with Crippen molar-refractivity contribution in [3.8, 4) is 0 Å². The summed E-state index contributed by atoms with van der Waals surface area (Å²) in [5.74, 6) is -0.940. The highest BCUT2D eigenvalue weighted by molar-refractivity contribution is 5.93. The maximum Gasteiger partial charge on any atom is 0.433 e. The zero-order valence-electron chi connectivity index (χ0n) is 10.9. The number of nitrogens with zero attached hydrogens (tertiary/aromatic N) is 1. The molecule has 1 aliphatic rings. The molecule has 0 bridgehead atoms. The highest BCUT2D eigenvalue weighted by atomic mass is 19.4. The van der Waals surface area contributed by atoms with Gasteiger partial charge in [0.15, 0.2) is 0 Å². The monoisotopic (exact) mass is 288 g/mol. The Labute approximate surface area is 114 Å². The Morgan fingerprint density at radius 3 is 2.65 bits per heavy atom. The molecule has 2 N–H and O–H groups in total. The van der Waals surface area contributed by atoms with Crippen LogP contribution in [0.5, 0.6) is 0 Å². The lowest BCUT2D eigenvalue weighted by atomic mass is 10.1. The van der Waals surface area contributed by atoms with Gasteiger partial charge in [-0.2, -0.15) is 13.2 Å². The number of hydrogen-bond donors (Lipinski definition) is 2. The van der Waals surface area contributed by atoms with Gasteiger partial charge >= 0.3 is 12.1 Å². The summed E-state index contributed by atoms with van der Waals surface area (Å²) in [6.07, 6.45) is -1.55. The van der Waals surface area contributed by atoms with Gasteiger partial charge in [-0.15, -0.1) is 0 Å². The summed E-state index contributed by atoms with van der Waals surface area (Å²) in [6.45, 7) is 1.81. The van der Waals surface area contributed by atoms with Gasteiger partial charge in [0.25, 0.3) is 0 Å². The number of carbonyl (C=O) groups is 1. The molecule has 110 valence electrons. The third-order valence-corrected chi connectivity index (χ3v) is 3.18. The van der Waals surface area contributed by atoms with Crippen LogP contribution in [-0.4, -0.2) is 22.1 Å². The molecule has 0 aromatic carbocycles. The number of halogens is 3. The summed E-state index contributed by atoms with van der Waals surface area (Å²) in [5.41, 5.74) is -1.34. The molecule has 1 atom stereocenters. The van der Waals surface area contributed by atoms with Gasteiger partial charge in [-0.05, 0) is 31.4 Å². The summed E-state index contributed by atoms with van der Waals surface area (Å²) >= 11 is 0. The van der Waals surface area contributed by atoms with E-state index in [2.05, 4.69) is 10.3 Å². The van der Waals surface area contributed by atoms with E-state index in [1.807, 2.05) is 6.92 Å². The van der Waals surface area contributed by atoms with Crippen LogP contribution in [0.15, 0.2) is 12.1 Å². The fraction of sp³-hybridized carbons (Fsp3) is 0.538. The first-order chi connectivity index (χ1) is 9.27.